The molecule has 1 saturated heterocycles. The molecule has 0 saturated carbocycles. The third kappa shape index (κ3) is 5.21. The summed E-state index contributed by atoms with van der Waals surface area (Å²) in [5.41, 5.74) is 3.59. The van der Waals surface area contributed by atoms with Gasteiger partial charge in [-0.1, -0.05) is 42.5 Å². The molecule has 1 aliphatic rings. The van der Waals surface area contributed by atoms with Crippen LogP contribution in [0.5, 0.6) is 5.75 Å². The number of hydrogen-bond acceptors (Lipinski definition) is 3. The molecule has 29 heavy (non-hydrogen) atoms. The van der Waals surface area contributed by atoms with Crippen molar-refractivity contribution >= 4 is 5.91 Å². The van der Waals surface area contributed by atoms with E-state index >= 15 is 0 Å². The van der Waals surface area contributed by atoms with Gasteiger partial charge in [-0.2, -0.15) is 0 Å². The summed E-state index contributed by atoms with van der Waals surface area (Å²) in [5, 5.41) is 0. The highest BCUT2D eigenvalue weighted by Crippen LogP contribution is 2.22. The van der Waals surface area contributed by atoms with Gasteiger partial charge in [0.2, 0.25) is 0 Å². The predicted molar refractivity (Wildman–Crippen MR) is 113 cm³/mol. The second-order valence-electron chi connectivity index (χ2n) is 7.34. The fraction of sp³-hybridized carbons (Fsp3) is 0.250. The molecule has 2 aromatic carbocycles. The van der Waals surface area contributed by atoms with E-state index in [9.17, 15) is 4.79 Å². The highest BCUT2D eigenvalue weighted by Gasteiger charge is 2.24. The normalized spacial score (nSPS) is 14.6. The SMILES string of the molecule is O=C(COc1ccc(-c2ccccc2)cc1)N1CC[NH+](Cc2ccncc2)CC1. The number of rotatable bonds is 6. The van der Waals surface area contributed by atoms with E-state index in [2.05, 4.69) is 29.2 Å². The first-order valence-corrected chi connectivity index (χ1v) is 10.1. The monoisotopic (exact) mass is 388 g/mol. The summed E-state index contributed by atoms with van der Waals surface area (Å²) in [6, 6.07) is 22.2. The summed E-state index contributed by atoms with van der Waals surface area (Å²) >= 11 is 0. The Labute approximate surface area is 171 Å². The highest BCUT2D eigenvalue weighted by atomic mass is 16.5. The van der Waals surface area contributed by atoms with E-state index in [1.54, 1.807) is 0 Å². The number of aromatic nitrogens is 1. The van der Waals surface area contributed by atoms with E-state index in [1.165, 1.54) is 16.0 Å². The highest BCUT2D eigenvalue weighted by molar-refractivity contribution is 5.77. The molecule has 0 bridgehead atoms. The first-order chi connectivity index (χ1) is 14.3. The maximum absolute atomic E-state index is 12.5. The molecule has 0 radical (unpaired) electrons. The Bertz CT molecular complexity index is 906. The first kappa shape index (κ1) is 19.2. The van der Waals surface area contributed by atoms with Gasteiger partial charge in [0.1, 0.15) is 12.3 Å². The fourth-order valence-electron chi connectivity index (χ4n) is 3.65. The van der Waals surface area contributed by atoms with Crippen LogP contribution in [0.3, 0.4) is 0 Å². The molecule has 1 amide bonds. The number of piperazine rings is 1. The minimum atomic E-state index is 0.0556. The number of hydrogen-bond donors (Lipinski definition) is 1. The van der Waals surface area contributed by atoms with Crippen molar-refractivity contribution in [3.8, 4) is 16.9 Å². The molecule has 1 aromatic heterocycles. The molecule has 0 unspecified atom stereocenters. The van der Waals surface area contributed by atoms with E-state index in [0.29, 0.717) is 0 Å². The van der Waals surface area contributed by atoms with Crippen molar-refractivity contribution in [3.05, 3.63) is 84.7 Å². The quantitative estimate of drug-likeness (QED) is 0.703. The van der Waals surface area contributed by atoms with Crippen molar-refractivity contribution in [2.45, 2.75) is 6.54 Å². The Kier molecular flexibility index (Phi) is 6.17. The summed E-state index contributed by atoms with van der Waals surface area (Å²) in [6.07, 6.45) is 3.66. The molecule has 2 heterocycles. The van der Waals surface area contributed by atoms with E-state index in [-0.39, 0.29) is 12.5 Å². The molecule has 4 rings (SSSR count). The van der Waals surface area contributed by atoms with Gasteiger partial charge in [0.25, 0.3) is 5.91 Å². The van der Waals surface area contributed by atoms with Crippen molar-refractivity contribution in [2.75, 3.05) is 32.8 Å². The average Bonchev–Trinajstić information content (AvgIpc) is 2.80. The molecule has 0 aliphatic carbocycles. The number of carbonyl (C=O) groups is 1. The second kappa shape index (κ2) is 9.34. The summed E-state index contributed by atoms with van der Waals surface area (Å²) in [6.45, 7) is 4.53. The van der Waals surface area contributed by atoms with E-state index < -0.39 is 0 Å². The van der Waals surface area contributed by atoms with Crippen molar-refractivity contribution in [1.82, 2.24) is 9.88 Å². The van der Waals surface area contributed by atoms with E-state index in [1.807, 2.05) is 59.8 Å². The van der Waals surface area contributed by atoms with Crippen molar-refractivity contribution < 1.29 is 14.4 Å². The lowest BCUT2D eigenvalue weighted by Crippen LogP contribution is -3.13. The fourth-order valence-corrected chi connectivity index (χ4v) is 3.65. The van der Waals surface area contributed by atoms with Crippen LogP contribution in [0, 0.1) is 0 Å². The third-order valence-electron chi connectivity index (χ3n) is 5.35. The van der Waals surface area contributed by atoms with Gasteiger partial charge in [0.15, 0.2) is 6.61 Å². The van der Waals surface area contributed by atoms with Crippen LogP contribution < -0.4 is 9.64 Å². The second-order valence-corrected chi connectivity index (χ2v) is 7.34. The summed E-state index contributed by atoms with van der Waals surface area (Å²) in [5.74, 6) is 0.778. The Hall–Kier alpha value is -3.18. The molecule has 1 fully saturated rings. The number of pyridine rings is 1. The van der Waals surface area contributed by atoms with Gasteiger partial charge < -0.3 is 14.5 Å². The maximum atomic E-state index is 12.5. The number of benzene rings is 2. The molecule has 1 aliphatic heterocycles. The number of nitrogens with zero attached hydrogens (tertiary/aromatic N) is 2. The van der Waals surface area contributed by atoms with Crippen molar-refractivity contribution in [2.24, 2.45) is 0 Å². The van der Waals surface area contributed by atoms with Crippen LogP contribution in [-0.4, -0.2) is 48.6 Å². The van der Waals surface area contributed by atoms with Gasteiger partial charge in [-0.25, -0.2) is 0 Å². The minimum Gasteiger partial charge on any atom is -0.484 e. The summed E-state index contributed by atoms with van der Waals surface area (Å²) < 4.78 is 5.73. The third-order valence-corrected chi connectivity index (χ3v) is 5.35. The molecule has 3 aromatic rings. The molecule has 148 valence electrons. The van der Waals surface area contributed by atoms with Crippen LogP contribution in [0.2, 0.25) is 0 Å². The van der Waals surface area contributed by atoms with Crippen molar-refractivity contribution in [3.63, 3.8) is 0 Å². The predicted octanol–water partition coefficient (Wildman–Crippen LogP) is 2.05. The van der Waals surface area contributed by atoms with Gasteiger partial charge in [-0.15, -0.1) is 0 Å². The lowest BCUT2D eigenvalue weighted by molar-refractivity contribution is -0.917. The van der Waals surface area contributed by atoms with Crippen molar-refractivity contribution in [1.29, 1.82) is 0 Å². The zero-order valence-corrected chi connectivity index (χ0v) is 16.5. The molecule has 0 atom stereocenters. The number of ether oxygens (including phenoxy) is 1. The lowest BCUT2D eigenvalue weighted by Gasteiger charge is -2.32. The largest absolute Gasteiger partial charge is 0.484 e. The Morgan fingerprint density at radius 2 is 1.55 bits per heavy atom. The van der Waals surface area contributed by atoms with Gasteiger partial charge >= 0.3 is 0 Å². The van der Waals surface area contributed by atoms with Crippen LogP contribution in [-0.2, 0) is 11.3 Å². The van der Waals surface area contributed by atoms with Gasteiger partial charge in [0, 0.05) is 18.0 Å². The summed E-state index contributed by atoms with van der Waals surface area (Å²) in [4.78, 5) is 20.0. The zero-order chi connectivity index (χ0) is 19.9. The summed E-state index contributed by atoms with van der Waals surface area (Å²) in [7, 11) is 0. The molecule has 5 nitrogen and oxygen atoms in total. The van der Waals surface area contributed by atoms with Gasteiger partial charge in [-0.05, 0) is 35.4 Å². The number of nitrogens with one attached hydrogen (secondary N) is 1. The molecule has 0 spiro atoms. The molecule has 5 heteroatoms. The Morgan fingerprint density at radius 3 is 2.24 bits per heavy atom. The van der Waals surface area contributed by atoms with Crippen LogP contribution in [0.15, 0.2) is 79.1 Å². The maximum Gasteiger partial charge on any atom is 0.260 e. The lowest BCUT2D eigenvalue weighted by atomic mass is 10.1. The van der Waals surface area contributed by atoms with E-state index in [4.69, 9.17) is 4.74 Å². The van der Waals surface area contributed by atoms with E-state index in [0.717, 1.165) is 44.0 Å². The number of quaternary nitrogens is 1. The molecular weight excluding hydrogens is 362 g/mol. The smallest absolute Gasteiger partial charge is 0.260 e. The number of carbonyl (C=O) groups excluding carboxylic acids is 1. The topological polar surface area (TPSA) is 46.9 Å². The van der Waals surface area contributed by atoms with Crippen LogP contribution in [0.4, 0.5) is 0 Å². The van der Waals surface area contributed by atoms with Crippen LogP contribution >= 0.6 is 0 Å². The Morgan fingerprint density at radius 1 is 0.897 bits per heavy atom. The zero-order valence-electron chi connectivity index (χ0n) is 16.5. The van der Waals surface area contributed by atoms with Crippen LogP contribution in [0.25, 0.3) is 11.1 Å². The average molecular weight is 388 g/mol. The van der Waals surface area contributed by atoms with Gasteiger partial charge in [-0.3, -0.25) is 9.78 Å². The standard InChI is InChI=1S/C24H25N3O2/c28-24(27-16-14-26(15-17-27)18-20-10-12-25-13-11-20)19-29-23-8-6-22(7-9-23)21-4-2-1-3-5-21/h1-13H,14-19H2/p+1. The number of amides is 1. The minimum absolute atomic E-state index is 0.0556. The van der Waals surface area contributed by atoms with Crippen LogP contribution in [0.1, 0.15) is 5.56 Å². The molecule has 1 N–H and O–H groups in total. The Balaban J connectivity index is 1.23. The first-order valence-electron chi connectivity index (χ1n) is 10.1. The van der Waals surface area contributed by atoms with Gasteiger partial charge in [0.05, 0.1) is 26.2 Å². The molecular formula is C24H26N3O2+.